The second-order valence-corrected chi connectivity index (χ2v) is 17.8. The van der Waals surface area contributed by atoms with E-state index in [1.165, 1.54) is 18.2 Å². The van der Waals surface area contributed by atoms with Gasteiger partial charge in [-0.15, -0.1) is 0 Å². The number of piperidine rings is 3. The average molecular weight is 626 g/mol. The van der Waals surface area contributed by atoms with Gasteiger partial charge in [0, 0.05) is 78.3 Å². The van der Waals surface area contributed by atoms with Crippen LogP contribution in [0.25, 0.3) is 0 Å². The summed E-state index contributed by atoms with van der Waals surface area (Å²) in [5.41, 5.74) is -0.491. The number of benzene rings is 1. The molecule has 0 radical (unpaired) electrons. The number of hydrogen-bond acceptors (Lipinski definition) is 9. The van der Waals surface area contributed by atoms with Crippen molar-refractivity contribution in [3.63, 3.8) is 0 Å². The summed E-state index contributed by atoms with van der Waals surface area (Å²) in [6, 6.07) is 4.48. The Kier molecular flexibility index (Phi) is 8.32. The van der Waals surface area contributed by atoms with Crippen LogP contribution in [0.3, 0.4) is 0 Å². The summed E-state index contributed by atoms with van der Waals surface area (Å²) in [7, 11) is 0. The van der Waals surface area contributed by atoms with Gasteiger partial charge in [-0.2, -0.15) is 0 Å². The molecule has 1 aromatic carbocycles. The summed E-state index contributed by atoms with van der Waals surface area (Å²) < 4.78 is 18.1. The Morgan fingerprint density at radius 1 is 0.556 bits per heavy atom. The smallest absolute Gasteiger partial charge is 0.338 e. The molecule has 0 bridgehead atoms. The van der Waals surface area contributed by atoms with Gasteiger partial charge in [-0.25, -0.2) is 14.4 Å². The molecule has 0 spiro atoms. The Morgan fingerprint density at radius 2 is 0.867 bits per heavy atom. The zero-order valence-electron chi connectivity index (χ0n) is 29.3. The highest BCUT2D eigenvalue weighted by molar-refractivity contribution is 6.00. The van der Waals surface area contributed by atoms with Crippen LogP contribution < -0.4 is 10.6 Å². The number of fused-ring (bicyclic) bond motifs is 1. The molecule has 0 aromatic heterocycles. The predicted octanol–water partition coefficient (Wildman–Crippen LogP) is 5.79. The molecule has 45 heavy (non-hydrogen) atoms. The molecule has 250 valence electrons. The van der Waals surface area contributed by atoms with Gasteiger partial charge < -0.3 is 24.8 Å². The molecule has 0 aliphatic carbocycles. The molecular weight excluding hydrogens is 570 g/mol. The van der Waals surface area contributed by atoms with Gasteiger partial charge >= 0.3 is 17.9 Å². The van der Waals surface area contributed by atoms with Gasteiger partial charge in [0.05, 0.1) is 16.7 Å². The monoisotopic (exact) mass is 625 g/mol. The summed E-state index contributed by atoms with van der Waals surface area (Å²) in [5, 5.41) is 7.21. The van der Waals surface area contributed by atoms with Gasteiger partial charge in [0.1, 0.15) is 18.3 Å². The second kappa shape index (κ2) is 11.1. The van der Waals surface area contributed by atoms with Crippen molar-refractivity contribution < 1.29 is 28.6 Å². The van der Waals surface area contributed by atoms with Gasteiger partial charge in [0.2, 0.25) is 0 Å². The molecule has 3 atom stereocenters. The molecule has 0 amide bonds. The largest absolute Gasteiger partial charge is 0.459 e. The molecule has 1 aromatic rings. The molecule has 9 heteroatoms. The third-order valence-corrected chi connectivity index (χ3v) is 9.94. The van der Waals surface area contributed by atoms with E-state index in [4.69, 9.17) is 14.2 Å². The van der Waals surface area contributed by atoms with Gasteiger partial charge in [-0.05, 0) is 94.4 Å². The van der Waals surface area contributed by atoms with Crippen LogP contribution in [0.2, 0.25) is 0 Å². The van der Waals surface area contributed by atoms with E-state index in [2.05, 4.69) is 91.7 Å². The highest BCUT2D eigenvalue weighted by Crippen LogP contribution is 2.50. The minimum atomic E-state index is -0.568. The summed E-state index contributed by atoms with van der Waals surface area (Å²) in [4.78, 5) is 43.4. The lowest BCUT2D eigenvalue weighted by Crippen LogP contribution is -2.59. The van der Waals surface area contributed by atoms with E-state index >= 15 is 0 Å². The zero-order chi connectivity index (χ0) is 33.4. The number of nitrogens with zero attached hydrogens (tertiary/aromatic N) is 1. The zero-order valence-corrected chi connectivity index (χ0v) is 29.3. The van der Waals surface area contributed by atoms with Gasteiger partial charge in [-0.1, -0.05) is 0 Å². The number of rotatable bonds is 6. The molecule has 0 saturated carbocycles. The number of hydrogen-bond donors (Lipinski definition) is 2. The lowest BCUT2D eigenvalue weighted by atomic mass is 9.81. The van der Waals surface area contributed by atoms with Crippen molar-refractivity contribution in [1.82, 2.24) is 15.5 Å². The molecule has 4 heterocycles. The first-order chi connectivity index (χ1) is 20.5. The third kappa shape index (κ3) is 7.91. The number of ether oxygens (including phenoxy) is 3. The maximum Gasteiger partial charge on any atom is 0.338 e. The summed E-state index contributed by atoms with van der Waals surface area (Å²) in [5.74, 6) is -1.69. The minimum Gasteiger partial charge on any atom is -0.459 e. The first kappa shape index (κ1) is 33.9. The van der Waals surface area contributed by atoms with Gasteiger partial charge in [-0.3, -0.25) is 4.90 Å². The third-order valence-electron chi connectivity index (χ3n) is 9.94. The van der Waals surface area contributed by atoms with E-state index in [-0.39, 0.29) is 68.2 Å². The van der Waals surface area contributed by atoms with E-state index in [0.717, 1.165) is 13.0 Å². The Morgan fingerprint density at radius 3 is 1.18 bits per heavy atom. The topological polar surface area (TPSA) is 106 Å². The summed E-state index contributed by atoms with van der Waals surface area (Å²) in [6.45, 7) is 24.3. The Hall–Kier alpha value is -2.49. The van der Waals surface area contributed by atoms with E-state index in [1.54, 1.807) is 0 Å². The molecule has 9 nitrogen and oxygen atoms in total. The van der Waals surface area contributed by atoms with Gasteiger partial charge in [0.15, 0.2) is 0 Å². The SMILES string of the molecule is CC1(C)CC(OC(=O)c2cc(C(=O)OC3CC(C)(C)NC(C)(C)C3)cc(C(=O)OC3CC(C)(C)N4CC4(C)C3)c2)CC(C)(C)N1. The number of nitrogens with one attached hydrogen (secondary N) is 2. The van der Waals surface area contributed by atoms with Crippen molar-refractivity contribution in [3.8, 4) is 0 Å². The van der Waals surface area contributed by atoms with Crippen molar-refractivity contribution in [3.05, 3.63) is 34.9 Å². The molecular formula is C36H55N3O6. The molecule has 4 aliphatic heterocycles. The summed E-state index contributed by atoms with van der Waals surface area (Å²) >= 11 is 0. The second-order valence-electron chi connectivity index (χ2n) is 17.8. The van der Waals surface area contributed by atoms with E-state index in [1.807, 2.05) is 0 Å². The fourth-order valence-electron chi connectivity index (χ4n) is 9.00. The van der Waals surface area contributed by atoms with Crippen LogP contribution >= 0.6 is 0 Å². The highest BCUT2D eigenvalue weighted by atomic mass is 16.6. The van der Waals surface area contributed by atoms with E-state index in [0.29, 0.717) is 32.1 Å². The average Bonchev–Trinajstić information content (AvgIpc) is 3.52. The molecule has 3 unspecified atom stereocenters. The lowest BCUT2D eigenvalue weighted by molar-refractivity contribution is -0.00684. The molecule has 2 N–H and O–H groups in total. The van der Waals surface area contributed by atoms with Gasteiger partial charge in [0.25, 0.3) is 0 Å². The van der Waals surface area contributed by atoms with Crippen molar-refractivity contribution in [2.24, 2.45) is 0 Å². The van der Waals surface area contributed by atoms with Crippen molar-refractivity contribution in [2.75, 3.05) is 6.54 Å². The Bertz CT molecular complexity index is 1200. The molecule has 4 aliphatic rings. The predicted molar refractivity (Wildman–Crippen MR) is 174 cm³/mol. The van der Waals surface area contributed by atoms with E-state index in [9.17, 15) is 14.4 Å². The molecule has 4 fully saturated rings. The normalized spacial score (nSPS) is 31.3. The number of carbonyl (C=O) groups excluding carboxylic acids is 3. The maximum absolute atomic E-state index is 13.7. The standard InChI is InChI=1S/C36H55N3O6/c1-31(2)15-25(16-32(3,4)37-31)43-28(40)22-12-23(29(41)44-26-17-33(5,6)38-34(7,8)18-26)14-24(13-22)30(42)45-27-19-35(9,10)39-21-36(39,11)20-27/h12-14,25-27,37-38H,15-21H2,1-11H3. The molecule has 4 saturated heterocycles. The molecule has 5 rings (SSSR count). The summed E-state index contributed by atoms with van der Waals surface area (Å²) in [6.07, 6.45) is 3.15. The van der Waals surface area contributed by atoms with Crippen LogP contribution in [0.15, 0.2) is 18.2 Å². The Balaban J connectivity index is 1.40. The fraction of sp³-hybridized carbons (Fsp3) is 0.750. The highest BCUT2D eigenvalue weighted by Gasteiger charge is 2.60. The van der Waals surface area contributed by atoms with Crippen molar-refractivity contribution in [1.29, 1.82) is 0 Å². The van der Waals surface area contributed by atoms with Crippen LogP contribution in [0, 0.1) is 0 Å². The minimum absolute atomic E-state index is 0.0279. The van der Waals surface area contributed by atoms with E-state index < -0.39 is 17.9 Å². The Labute approximate surface area is 269 Å². The van der Waals surface area contributed by atoms with Crippen LogP contribution in [0.1, 0.15) is 146 Å². The van der Waals surface area contributed by atoms with Crippen molar-refractivity contribution in [2.45, 2.75) is 166 Å². The lowest BCUT2D eigenvalue weighted by Gasteiger charge is -2.45. The van der Waals surface area contributed by atoms with Crippen LogP contribution in [0.4, 0.5) is 0 Å². The number of esters is 3. The first-order valence-electron chi connectivity index (χ1n) is 16.6. The van der Waals surface area contributed by atoms with Crippen molar-refractivity contribution >= 4 is 17.9 Å². The van der Waals surface area contributed by atoms with Crippen LogP contribution in [-0.4, -0.2) is 80.9 Å². The fourth-order valence-corrected chi connectivity index (χ4v) is 9.00. The quantitative estimate of drug-likeness (QED) is 0.231. The first-order valence-corrected chi connectivity index (χ1v) is 16.6. The van der Waals surface area contributed by atoms with Crippen LogP contribution in [0.5, 0.6) is 0 Å². The maximum atomic E-state index is 13.7. The number of carbonyl (C=O) groups is 3. The van der Waals surface area contributed by atoms with Crippen LogP contribution in [-0.2, 0) is 14.2 Å².